The number of aliphatic carboxylic acids is 1. The first-order chi connectivity index (χ1) is 8.66. The summed E-state index contributed by atoms with van der Waals surface area (Å²) in [5.41, 5.74) is 1.47. The minimum absolute atomic E-state index is 0.306. The highest BCUT2D eigenvalue weighted by Gasteiger charge is 2.38. The minimum Gasteiger partial charge on any atom is -0.481 e. The zero-order chi connectivity index (χ0) is 14.8. The van der Waals surface area contributed by atoms with Gasteiger partial charge in [-0.05, 0) is 17.2 Å². The monoisotopic (exact) mass is 284 g/mol. The molecule has 3 N–H and O–H groups in total. The Morgan fingerprint density at radius 3 is 2.37 bits per heavy atom. The van der Waals surface area contributed by atoms with E-state index in [2.05, 4.69) is 4.98 Å². The molecule has 0 saturated carbocycles. The summed E-state index contributed by atoms with van der Waals surface area (Å²) in [5, 5.41) is 8.57. The van der Waals surface area contributed by atoms with Crippen LogP contribution < -0.4 is 5.73 Å². The number of hydrogen-bond donors (Lipinski definition) is 2. The van der Waals surface area contributed by atoms with Crippen molar-refractivity contribution in [3.63, 3.8) is 0 Å². The average Bonchev–Trinajstić information content (AvgIpc) is 2.26. The summed E-state index contributed by atoms with van der Waals surface area (Å²) in [6.07, 6.45) is -9.22. The number of carbonyl (C=O) groups is 1. The molecule has 1 aromatic heterocycles. The highest BCUT2D eigenvalue weighted by atomic mass is 19.4. The van der Waals surface area contributed by atoms with E-state index in [4.69, 9.17) is 10.8 Å². The van der Waals surface area contributed by atoms with Crippen molar-refractivity contribution in [1.29, 1.82) is 0 Å². The third-order valence-corrected chi connectivity index (χ3v) is 2.28. The zero-order valence-electron chi connectivity index (χ0n) is 9.34. The van der Waals surface area contributed by atoms with Gasteiger partial charge >= 0.3 is 12.1 Å². The van der Waals surface area contributed by atoms with Crippen LogP contribution in [0.2, 0.25) is 0 Å². The number of pyridine rings is 1. The largest absolute Gasteiger partial charge is 0.481 e. The van der Waals surface area contributed by atoms with E-state index in [1.54, 1.807) is 0 Å². The maximum atomic E-state index is 12.7. The van der Waals surface area contributed by atoms with E-state index in [1.165, 1.54) is 0 Å². The van der Waals surface area contributed by atoms with Gasteiger partial charge in [-0.1, -0.05) is 0 Å². The lowest BCUT2D eigenvalue weighted by molar-refractivity contribution is -0.143. The van der Waals surface area contributed by atoms with Crippen molar-refractivity contribution in [3.8, 4) is 0 Å². The number of alkyl halides is 5. The van der Waals surface area contributed by atoms with Crippen LogP contribution in [0.4, 0.5) is 22.0 Å². The van der Waals surface area contributed by atoms with Crippen LogP contribution in [0.25, 0.3) is 0 Å². The molecule has 0 fully saturated rings. The van der Waals surface area contributed by atoms with Gasteiger partial charge in [0.25, 0.3) is 6.43 Å². The Balaban J connectivity index is 3.52. The van der Waals surface area contributed by atoms with Crippen LogP contribution in [-0.4, -0.2) is 16.1 Å². The highest BCUT2D eigenvalue weighted by Crippen LogP contribution is 2.34. The van der Waals surface area contributed by atoms with Crippen molar-refractivity contribution in [2.45, 2.75) is 25.6 Å². The van der Waals surface area contributed by atoms with Crippen LogP contribution in [-0.2, 0) is 23.9 Å². The predicted octanol–water partition coefficient (Wildman–Crippen LogP) is 2.12. The first kappa shape index (κ1) is 15.3. The Kier molecular flexibility index (Phi) is 4.40. The second-order valence-electron chi connectivity index (χ2n) is 3.61. The zero-order valence-corrected chi connectivity index (χ0v) is 9.34. The molecule has 0 bridgehead atoms. The molecule has 106 valence electrons. The molecule has 1 rings (SSSR count). The SMILES string of the molecule is NCc1cc(C(F)F)nc(C(F)(F)F)c1CC(=O)O. The predicted molar refractivity (Wildman–Crippen MR) is 53.4 cm³/mol. The second-order valence-corrected chi connectivity index (χ2v) is 3.61. The summed E-state index contributed by atoms with van der Waals surface area (Å²) in [7, 11) is 0. The van der Waals surface area contributed by atoms with Crippen molar-refractivity contribution in [2.75, 3.05) is 0 Å². The van der Waals surface area contributed by atoms with E-state index >= 15 is 0 Å². The van der Waals surface area contributed by atoms with Crippen molar-refractivity contribution in [3.05, 3.63) is 28.6 Å². The first-order valence-electron chi connectivity index (χ1n) is 4.96. The third kappa shape index (κ3) is 3.60. The Morgan fingerprint density at radius 2 is 2.00 bits per heavy atom. The summed E-state index contributed by atoms with van der Waals surface area (Å²) in [6, 6.07) is 0.693. The minimum atomic E-state index is -5.03. The average molecular weight is 284 g/mol. The molecular formula is C10H9F5N2O2. The van der Waals surface area contributed by atoms with Crippen LogP contribution in [0.1, 0.15) is 28.9 Å². The molecule has 0 amide bonds. The first-order valence-corrected chi connectivity index (χ1v) is 4.96. The van der Waals surface area contributed by atoms with Gasteiger partial charge in [-0.25, -0.2) is 13.8 Å². The van der Waals surface area contributed by atoms with Gasteiger partial charge in [0.05, 0.1) is 6.42 Å². The quantitative estimate of drug-likeness (QED) is 0.830. The lowest BCUT2D eigenvalue weighted by atomic mass is 10.0. The van der Waals surface area contributed by atoms with Gasteiger partial charge in [-0.3, -0.25) is 4.79 Å². The number of carboxylic acid groups (broad SMARTS) is 1. The van der Waals surface area contributed by atoms with Gasteiger partial charge in [0.2, 0.25) is 0 Å². The molecular weight excluding hydrogens is 275 g/mol. The van der Waals surface area contributed by atoms with E-state index in [9.17, 15) is 26.7 Å². The molecule has 9 heteroatoms. The Hall–Kier alpha value is -1.77. The molecule has 1 heterocycles. The number of hydrogen-bond acceptors (Lipinski definition) is 3. The number of aromatic nitrogens is 1. The lowest BCUT2D eigenvalue weighted by Crippen LogP contribution is -2.19. The molecule has 0 aliphatic carbocycles. The second kappa shape index (κ2) is 5.47. The molecule has 0 aliphatic rings. The molecule has 0 atom stereocenters. The normalized spacial score (nSPS) is 11.9. The van der Waals surface area contributed by atoms with Gasteiger partial charge in [0.1, 0.15) is 11.4 Å². The van der Waals surface area contributed by atoms with Gasteiger partial charge in [0, 0.05) is 6.54 Å². The van der Waals surface area contributed by atoms with Gasteiger partial charge in [-0.15, -0.1) is 0 Å². The van der Waals surface area contributed by atoms with Gasteiger partial charge in [-0.2, -0.15) is 13.2 Å². The fraction of sp³-hybridized carbons (Fsp3) is 0.400. The number of rotatable bonds is 4. The topological polar surface area (TPSA) is 76.2 Å². The molecule has 0 spiro atoms. The van der Waals surface area contributed by atoms with E-state index in [-0.39, 0.29) is 5.56 Å². The van der Waals surface area contributed by atoms with Crippen LogP contribution in [0.15, 0.2) is 6.07 Å². The number of carboxylic acids is 1. The van der Waals surface area contributed by atoms with Gasteiger partial charge < -0.3 is 10.8 Å². The Bertz CT molecular complexity index is 488. The lowest BCUT2D eigenvalue weighted by Gasteiger charge is -2.16. The number of nitrogens with two attached hydrogens (primary N) is 1. The molecule has 0 saturated heterocycles. The summed E-state index contributed by atoms with van der Waals surface area (Å²) in [4.78, 5) is 13.4. The molecule has 1 aromatic rings. The standard InChI is InChI=1S/C10H9F5N2O2/c11-9(12)6-1-4(3-16)5(2-7(18)19)8(17-6)10(13,14)15/h1,9H,2-3,16H2,(H,18,19). The number of nitrogens with zero attached hydrogens (tertiary/aromatic N) is 1. The molecule has 4 nitrogen and oxygen atoms in total. The van der Waals surface area contributed by atoms with E-state index in [0.717, 1.165) is 0 Å². The van der Waals surface area contributed by atoms with Gasteiger partial charge in [0.15, 0.2) is 0 Å². The fourth-order valence-corrected chi connectivity index (χ4v) is 1.52. The van der Waals surface area contributed by atoms with E-state index < -0.39 is 48.5 Å². The number of halogens is 5. The maximum Gasteiger partial charge on any atom is 0.433 e. The molecule has 0 radical (unpaired) electrons. The van der Waals surface area contributed by atoms with Crippen LogP contribution >= 0.6 is 0 Å². The van der Waals surface area contributed by atoms with E-state index in [1.807, 2.05) is 0 Å². The van der Waals surface area contributed by atoms with Crippen molar-refractivity contribution < 1.29 is 31.9 Å². The maximum absolute atomic E-state index is 12.7. The molecule has 0 unspecified atom stereocenters. The van der Waals surface area contributed by atoms with Crippen LogP contribution in [0, 0.1) is 0 Å². The summed E-state index contributed by atoms with van der Waals surface area (Å²) in [6.45, 7) is -0.492. The summed E-state index contributed by atoms with van der Waals surface area (Å²) >= 11 is 0. The Labute approximate surface area is 104 Å². The molecule has 19 heavy (non-hydrogen) atoms. The van der Waals surface area contributed by atoms with Crippen molar-refractivity contribution in [1.82, 2.24) is 4.98 Å². The molecule has 0 aliphatic heterocycles. The van der Waals surface area contributed by atoms with Crippen LogP contribution in [0.5, 0.6) is 0 Å². The fourth-order valence-electron chi connectivity index (χ4n) is 1.52. The highest BCUT2D eigenvalue weighted by molar-refractivity contribution is 5.71. The van der Waals surface area contributed by atoms with Crippen molar-refractivity contribution >= 4 is 5.97 Å². The molecule has 0 aromatic carbocycles. The van der Waals surface area contributed by atoms with E-state index in [0.29, 0.717) is 6.07 Å². The smallest absolute Gasteiger partial charge is 0.433 e. The summed E-state index contributed by atoms with van der Waals surface area (Å²) < 4.78 is 63.1. The summed E-state index contributed by atoms with van der Waals surface area (Å²) in [5.74, 6) is -1.54. The van der Waals surface area contributed by atoms with Crippen molar-refractivity contribution in [2.24, 2.45) is 5.73 Å². The van der Waals surface area contributed by atoms with Crippen LogP contribution in [0.3, 0.4) is 0 Å². The third-order valence-electron chi connectivity index (χ3n) is 2.28. The Morgan fingerprint density at radius 1 is 1.42 bits per heavy atom.